The molecule has 1 saturated carbocycles. The van der Waals surface area contributed by atoms with E-state index in [0.717, 1.165) is 30.5 Å². The van der Waals surface area contributed by atoms with Crippen molar-refractivity contribution in [1.82, 2.24) is 14.5 Å². The van der Waals surface area contributed by atoms with Crippen molar-refractivity contribution in [3.8, 4) is 11.1 Å². The van der Waals surface area contributed by atoms with Crippen molar-refractivity contribution >= 4 is 16.9 Å². The van der Waals surface area contributed by atoms with Gasteiger partial charge in [0.1, 0.15) is 5.69 Å². The second-order valence-electron chi connectivity index (χ2n) is 7.11. The zero-order valence-electron chi connectivity index (χ0n) is 14.4. The summed E-state index contributed by atoms with van der Waals surface area (Å²) in [6, 6.07) is 7.09. The number of hydrogen-bond acceptors (Lipinski definition) is 3. The van der Waals surface area contributed by atoms with Gasteiger partial charge in [-0.1, -0.05) is 6.07 Å². The maximum absolute atomic E-state index is 13.9. The number of aliphatic hydroxyl groups excluding tert-OH is 1. The second kappa shape index (κ2) is 5.85. The molecule has 3 heterocycles. The lowest BCUT2D eigenvalue weighted by Crippen LogP contribution is -2.50. The van der Waals surface area contributed by atoms with Crippen LogP contribution in [0.4, 0.5) is 8.78 Å². The summed E-state index contributed by atoms with van der Waals surface area (Å²) >= 11 is 0. The number of carbonyl (C=O) groups is 1. The van der Waals surface area contributed by atoms with Crippen LogP contribution in [0.2, 0.25) is 0 Å². The lowest BCUT2D eigenvalue weighted by atomic mass is 10.0. The van der Waals surface area contributed by atoms with Gasteiger partial charge < -0.3 is 14.6 Å². The average Bonchev–Trinajstić information content (AvgIpc) is 3.45. The Labute approximate surface area is 153 Å². The molecule has 1 fully saturated rings. The molecule has 0 unspecified atom stereocenters. The third kappa shape index (κ3) is 2.38. The molecule has 0 radical (unpaired) electrons. The van der Waals surface area contributed by atoms with Crippen LogP contribution in [0, 0.1) is 11.6 Å². The lowest BCUT2D eigenvalue weighted by Gasteiger charge is -2.36. The summed E-state index contributed by atoms with van der Waals surface area (Å²) in [5.74, 6) is -2.09. The number of benzene rings is 1. The smallest absolute Gasteiger partial charge is 0.271 e. The number of aliphatic hydroxyl groups is 1. The van der Waals surface area contributed by atoms with Gasteiger partial charge in [-0.3, -0.25) is 9.78 Å². The highest BCUT2D eigenvalue weighted by Gasteiger charge is 2.43. The first kappa shape index (κ1) is 16.4. The fourth-order valence-corrected chi connectivity index (χ4v) is 4.06. The molecule has 0 spiro atoms. The van der Waals surface area contributed by atoms with Crippen molar-refractivity contribution in [2.45, 2.75) is 31.5 Å². The second-order valence-corrected chi connectivity index (χ2v) is 7.11. The number of pyridine rings is 1. The van der Waals surface area contributed by atoms with E-state index in [4.69, 9.17) is 0 Å². The third-order valence-corrected chi connectivity index (χ3v) is 5.40. The number of halogens is 2. The summed E-state index contributed by atoms with van der Waals surface area (Å²) in [6.07, 6.45) is 3.45. The van der Waals surface area contributed by atoms with Gasteiger partial charge in [-0.2, -0.15) is 0 Å². The molecule has 1 amide bonds. The van der Waals surface area contributed by atoms with E-state index < -0.39 is 11.6 Å². The van der Waals surface area contributed by atoms with Crippen LogP contribution in [0.25, 0.3) is 22.2 Å². The number of amides is 1. The van der Waals surface area contributed by atoms with Crippen LogP contribution in [0.3, 0.4) is 0 Å². The first-order valence-corrected chi connectivity index (χ1v) is 8.96. The molecule has 5 rings (SSSR count). The molecule has 0 bridgehead atoms. The Morgan fingerprint density at radius 1 is 1.19 bits per heavy atom. The largest absolute Gasteiger partial charge is 0.394 e. The molecule has 0 saturated heterocycles. The van der Waals surface area contributed by atoms with E-state index in [-0.39, 0.29) is 24.6 Å². The number of rotatable bonds is 3. The monoisotopic (exact) mass is 369 g/mol. The minimum Gasteiger partial charge on any atom is -0.394 e. The van der Waals surface area contributed by atoms with Gasteiger partial charge in [0.25, 0.3) is 5.91 Å². The summed E-state index contributed by atoms with van der Waals surface area (Å²) in [5, 5.41) is 9.83. The molecule has 1 aliphatic carbocycles. The Bertz CT molecular complexity index is 1070. The van der Waals surface area contributed by atoms with Crippen LogP contribution >= 0.6 is 0 Å². The summed E-state index contributed by atoms with van der Waals surface area (Å²) in [7, 11) is 0. The summed E-state index contributed by atoms with van der Waals surface area (Å²) < 4.78 is 29.2. The van der Waals surface area contributed by atoms with E-state index in [0.29, 0.717) is 28.9 Å². The van der Waals surface area contributed by atoms with Crippen LogP contribution in [-0.2, 0) is 6.54 Å². The van der Waals surface area contributed by atoms with Gasteiger partial charge in [-0.25, -0.2) is 8.78 Å². The molecule has 7 heteroatoms. The lowest BCUT2D eigenvalue weighted by molar-refractivity contribution is 0.0466. The number of fused-ring (bicyclic) bond motifs is 3. The molecule has 138 valence electrons. The van der Waals surface area contributed by atoms with Crippen LogP contribution in [0.15, 0.2) is 36.5 Å². The Morgan fingerprint density at radius 3 is 2.70 bits per heavy atom. The highest BCUT2D eigenvalue weighted by Crippen LogP contribution is 2.40. The maximum Gasteiger partial charge on any atom is 0.271 e. The summed E-state index contributed by atoms with van der Waals surface area (Å²) in [4.78, 5) is 19.5. The quantitative estimate of drug-likeness (QED) is 0.772. The van der Waals surface area contributed by atoms with Gasteiger partial charge in [0.15, 0.2) is 11.6 Å². The topological polar surface area (TPSA) is 58.4 Å². The van der Waals surface area contributed by atoms with E-state index in [1.54, 1.807) is 17.2 Å². The van der Waals surface area contributed by atoms with Crippen molar-refractivity contribution in [1.29, 1.82) is 0 Å². The van der Waals surface area contributed by atoms with Crippen LogP contribution < -0.4 is 0 Å². The van der Waals surface area contributed by atoms with Gasteiger partial charge >= 0.3 is 0 Å². The van der Waals surface area contributed by atoms with Gasteiger partial charge in [-0.15, -0.1) is 0 Å². The van der Waals surface area contributed by atoms with Crippen LogP contribution in [0.5, 0.6) is 0 Å². The highest BCUT2D eigenvalue weighted by atomic mass is 19.2. The first-order chi connectivity index (χ1) is 13.1. The molecule has 2 aliphatic rings. The van der Waals surface area contributed by atoms with Gasteiger partial charge in [-0.05, 0) is 42.7 Å². The summed E-state index contributed by atoms with van der Waals surface area (Å²) in [5.41, 5.74) is 2.66. The van der Waals surface area contributed by atoms with E-state index in [2.05, 4.69) is 4.98 Å². The van der Waals surface area contributed by atoms with E-state index in [1.807, 2.05) is 10.6 Å². The number of carbonyl (C=O) groups excluding carboxylic acids is 1. The Hall–Kier alpha value is -2.80. The Morgan fingerprint density at radius 2 is 2.00 bits per heavy atom. The number of nitrogens with zero attached hydrogens (tertiary/aromatic N) is 3. The average molecular weight is 369 g/mol. The predicted molar refractivity (Wildman–Crippen MR) is 95.2 cm³/mol. The molecule has 5 nitrogen and oxygen atoms in total. The predicted octanol–water partition coefficient (Wildman–Crippen LogP) is 2.96. The molecule has 2 aromatic heterocycles. The van der Waals surface area contributed by atoms with E-state index in [9.17, 15) is 18.7 Å². The van der Waals surface area contributed by atoms with E-state index >= 15 is 0 Å². The fourth-order valence-electron chi connectivity index (χ4n) is 4.06. The first-order valence-electron chi connectivity index (χ1n) is 8.96. The molecule has 1 N–H and O–H groups in total. The van der Waals surface area contributed by atoms with Crippen molar-refractivity contribution in [2.75, 3.05) is 6.61 Å². The molecule has 1 aliphatic heterocycles. The highest BCUT2D eigenvalue weighted by molar-refractivity contribution is 6.09. The zero-order chi connectivity index (χ0) is 18.7. The minimum absolute atomic E-state index is 0.123. The van der Waals surface area contributed by atoms with Crippen LogP contribution in [0.1, 0.15) is 23.3 Å². The van der Waals surface area contributed by atoms with Crippen molar-refractivity contribution < 1.29 is 18.7 Å². The SMILES string of the molecule is O=C1c2c(-c3ccc(F)c(F)c3)c3ncccc3n2C[C@@H](CO)N1C1CC1. The molecular formula is C20H17F2N3O2. The minimum atomic E-state index is -0.966. The van der Waals surface area contributed by atoms with Crippen molar-refractivity contribution in [3.05, 3.63) is 53.9 Å². The van der Waals surface area contributed by atoms with Gasteiger partial charge in [0.05, 0.1) is 23.7 Å². The molecular weight excluding hydrogens is 352 g/mol. The normalized spacial score (nSPS) is 19.6. The fraction of sp³-hybridized carbons (Fsp3) is 0.300. The molecule has 3 aromatic rings. The Kier molecular flexibility index (Phi) is 3.55. The van der Waals surface area contributed by atoms with Crippen LogP contribution in [-0.4, -0.2) is 44.2 Å². The van der Waals surface area contributed by atoms with Gasteiger partial charge in [0.2, 0.25) is 0 Å². The van der Waals surface area contributed by atoms with E-state index in [1.165, 1.54) is 6.07 Å². The molecule has 1 aromatic carbocycles. The Balaban J connectivity index is 1.80. The maximum atomic E-state index is 13.9. The van der Waals surface area contributed by atoms with Crippen molar-refractivity contribution in [3.63, 3.8) is 0 Å². The summed E-state index contributed by atoms with van der Waals surface area (Å²) in [6.45, 7) is 0.321. The number of aromatic nitrogens is 2. The van der Waals surface area contributed by atoms with Gasteiger partial charge in [0, 0.05) is 24.3 Å². The zero-order valence-corrected chi connectivity index (χ0v) is 14.4. The van der Waals surface area contributed by atoms with Crippen molar-refractivity contribution in [2.24, 2.45) is 0 Å². The molecule has 27 heavy (non-hydrogen) atoms. The number of hydrogen-bond donors (Lipinski definition) is 1. The molecule has 1 atom stereocenters. The standard InChI is InChI=1S/C20H17F2N3O2/c21-14-6-3-11(8-15(14)22)17-18-16(2-1-7-23-18)24-9-13(10-26)25(12-4-5-12)20(27)19(17)24/h1-3,6-8,12-13,26H,4-5,9-10H2/t13-/m0/s1. The third-order valence-electron chi connectivity index (χ3n) is 5.40.